The molecule has 0 saturated carbocycles. The molecule has 0 radical (unpaired) electrons. The number of aryl methyl sites for hydroxylation is 1. The Labute approximate surface area is 144 Å². The minimum atomic E-state index is -2.95. The smallest absolute Gasteiger partial charge is 0.387 e. The second-order valence-corrected chi connectivity index (χ2v) is 5.60. The fourth-order valence-corrected chi connectivity index (χ4v) is 2.67. The summed E-state index contributed by atoms with van der Waals surface area (Å²) in [6.07, 6.45) is -2.95. The lowest BCUT2D eigenvalue weighted by atomic mass is 10.1. The highest BCUT2D eigenvalue weighted by atomic mass is 19.3. The largest absolute Gasteiger partial charge is 0.435 e. The highest BCUT2D eigenvalue weighted by Crippen LogP contribution is 2.28. The van der Waals surface area contributed by atoms with Gasteiger partial charge in [-0.25, -0.2) is 18.4 Å². The number of H-pyrrole nitrogens is 1. The van der Waals surface area contributed by atoms with E-state index in [9.17, 15) is 22.4 Å². The molecule has 0 fully saturated rings. The number of aromatic amines is 1. The van der Waals surface area contributed by atoms with Crippen molar-refractivity contribution in [3.8, 4) is 5.75 Å². The van der Waals surface area contributed by atoms with Crippen LogP contribution in [0.25, 0.3) is 11.0 Å². The third-order valence-corrected chi connectivity index (χ3v) is 3.87. The van der Waals surface area contributed by atoms with Crippen LogP contribution in [0.1, 0.15) is 36.5 Å². The Morgan fingerprint density at radius 2 is 1.81 bits per heavy atom. The minimum absolute atomic E-state index is 0.0278. The van der Waals surface area contributed by atoms with Gasteiger partial charge in [-0.1, -0.05) is 12.1 Å². The van der Waals surface area contributed by atoms with Gasteiger partial charge in [-0.3, -0.25) is 4.79 Å². The lowest BCUT2D eigenvalue weighted by molar-refractivity contribution is -0.0498. The van der Waals surface area contributed by atoms with Crippen LogP contribution in [0, 0.1) is 6.92 Å². The van der Waals surface area contributed by atoms with Crippen LogP contribution in [-0.2, 0) is 0 Å². The van der Waals surface area contributed by atoms with Crippen molar-refractivity contribution in [2.24, 2.45) is 0 Å². The predicted molar refractivity (Wildman–Crippen MR) is 84.7 cm³/mol. The van der Waals surface area contributed by atoms with E-state index < -0.39 is 30.3 Å². The molecule has 0 aliphatic carbocycles. The summed E-state index contributed by atoms with van der Waals surface area (Å²) in [5.74, 6) is 0.234. The molecule has 0 unspecified atom stereocenters. The van der Waals surface area contributed by atoms with E-state index in [1.165, 1.54) is 35.9 Å². The van der Waals surface area contributed by atoms with Gasteiger partial charge < -0.3 is 9.72 Å². The monoisotopic (exact) mass is 370 g/mol. The number of benzene rings is 1. The lowest BCUT2D eigenvalue weighted by Crippen LogP contribution is -2.13. The summed E-state index contributed by atoms with van der Waals surface area (Å²) in [4.78, 5) is 18.6. The van der Waals surface area contributed by atoms with Gasteiger partial charge in [0.15, 0.2) is 5.65 Å². The zero-order chi connectivity index (χ0) is 19.0. The molecule has 1 N–H and O–H groups in total. The Bertz CT molecular complexity index is 982. The molecule has 0 aliphatic heterocycles. The number of fused-ring (bicyclic) bond motifs is 1. The number of ether oxygens (including phenoxy) is 1. The first-order valence-corrected chi connectivity index (χ1v) is 7.60. The third kappa shape index (κ3) is 3.26. The number of hydrogen-bond acceptors (Lipinski definition) is 4. The Hall–Kier alpha value is -2.91. The Balaban J connectivity index is 2.08. The average molecular weight is 370 g/mol. The molecular weight excluding hydrogens is 356 g/mol. The van der Waals surface area contributed by atoms with E-state index in [4.69, 9.17) is 0 Å². The molecule has 0 spiro atoms. The molecule has 1 aromatic carbocycles. The third-order valence-electron chi connectivity index (χ3n) is 3.87. The van der Waals surface area contributed by atoms with Crippen molar-refractivity contribution < 1.29 is 22.3 Å². The molecule has 2 aromatic heterocycles. The van der Waals surface area contributed by atoms with Crippen molar-refractivity contribution >= 4 is 11.0 Å². The first kappa shape index (κ1) is 17.9. The summed E-state index contributed by atoms with van der Waals surface area (Å²) in [5, 5.41) is 3.60. The van der Waals surface area contributed by atoms with E-state index >= 15 is 0 Å². The summed E-state index contributed by atoms with van der Waals surface area (Å²) in [5.41, 5.74) is -0.723. The number of aromatic nitrogens is 4. The van der Waals surface area contributed by atoms with Crippen LogP contribution >= 0.6 is 0 Å². The van der Waals surface area contributed by atoms with Crippen molar-refractivity contribution in [1.82, 2.24) is 19.7 Å². The average Bonchev–Trinajstić information content (AvgIpc) is 2.94. The minimum Gasteiger partial charge on any atom is -0.435 e. The van der Waals surface area contributed by atoms with Crippen molar-refractivity contribution in [3.05, 3.63) is 51.7 Å². The van der Waals surface area contributed by atoms with Crippen molar-refractivity contribution in [1.29, 1.82) is 0 Å². The number of hydrogen-bond donors (Lipinski definition) is 1. The molecular formula is C16H14F4N4O2. The van der Waals surface area contributed by atoms with Gasteiger partial charge in [0.1, 0.15) is 22.7 Å². The molecule has 2 heterocycles. The van der Waals surface area contributed by atoms with Gasteiger partial charge in [0.05, 0.1) is 6.04 Å². The molecule has 10 heteroatoms. The van der Waals surface area contributed by atoms with Crippen LogP contribution in [-0.4, -0.2) is 26.4 Å². The van der Waals surface area contributed by atoms with Gasteiger partial charge in [0.25, 0.3) is 12.0 Å². The molecule has 138 valence electrons. The molecule has 1 atom stereocenters. The van der Waals surface area contributed by atoms with E-state index in [-0.39, 0.29) is 22.6 Å². The van der Waals surface area contributed by atoms with Crippen molar-refractivity contribution in [2.45, 2.75) is 32.9 Å². The maximum absolute atomic E-state index is 13.3. The molecule has 0 bridgehead atoms. The van der Waals surface area contributed by atoms with E-state index in [0.29, 0.717) is 5.56 Å². The predicted octanol–water partition coefficient (Wildman–Crippen LogP) is 3.58. The van der Waals surface area contributed by atoms with Crippen molar-refractivity contribution in [2.75, 3.05) is 0 Å². The summed E-state index contributed by atoms with van der Waals surface area (Å²) < 4.78 is 56.5. The van der Waals surface area contributed by atoms with Gasteiger partial charge in [-0.2, -0.15) is 13.9 Å². The highest BCUT2D eigenvalue weighted by molar-refractivity contribution is 5.77. The molecule has 0 aliphatic rings. The quantitative estimate of drug-likeness (QED) is 0.697. The molecule has 0 amide bonds. The maximum atomic E-state index is 13.3. The molecule has 0 saturated heterocycles. The standard InChI is InChI=1S/C16H14F4N4O2/c1-7(9-3-5-10(6-4-9)26-16(19)20)24-14-11(12(23-24)13(17)18)15(25)22-8(2)21-14/h3-7,13,16H,1-2H3,(H,21,22,25)/t7-/m0/s1. The molecule has 26 heavy (non-hydrogen) atoms. The van der Waals surface area contributed by atoms with E-state index in [2.05, 4.69) is 19.8 Å². The molecule has 6 nitrogen and oxygen atoms in total. The van der Waals surface area contributed by atoms with Gasteiger partial charge in [-0.05, 0) is 31.5 Å². The topological polar surface area (TPSA) is 72.8 Å². The normalized spacial score (nSPS) is 12.9. The van der Waals surface area contributed by atoms with Crippen LogP contribution in [0.4, 0.5) is 17.6 Å². The second kappa shape index (κ2) is 6.77. The van der Waals surface area contributed by atoms with Gasteiger partial charge >= 0.3 is 6.61 Å². The van der Waals surface area contributed by atoms with Crippen LogP contribution < -0.4 is 10.3 Å². The number of halogens is 4. The molecule has 3 rings (SSSR count). The van der Waals surface area contributed by atoms with Gasteiger partial charge in [0.2, 0.25) is 0 Å². The number of rotatable bonds is 5. The van der Waals surface area contributed by atoms with Crippen molar-refractivity contribution in [3.63, 3.8) is 0 Å². The fraction of sp³-hybridized carbons (Fsp3) is 0.312. The number of nitrogens with one attached hydrogen (secondary N) is 1. The number of nitrogens with zero attached hydrogens (tertiary/aromatic N) is 3. The maximum Gasteiger partial charge on any atom is 0.387 e. The highest BCUT2D eigenvalue weighted by Gasteiger charge is 2.25. The zero-order valence-electron chi connectivity index (χ0n) is 13.7. The molecule has 3 aromatic rings. The fourth-order valence-electron chi connectivity index (χ4n) is 2.67. The van der Waals surface area contributed by atoms with Crippen LogP contribution in [0.3, 0.4) is 0 Å². The summed E-state index contributed by atoms with van der Waals surface area (Å²) in [6, 6.07) is 5.13. The summed E-state index contributed by atoms with van der Waals surface area (Å²) in [7, 11) is 0. The number of alkyl halides is 4. The first-order valence-electron chi connectivity index (χ1n) is 7.60. The van der Waals surface area contributed by atoms with Crippen LogP contribution in [0.15, 0.2) is 29.1 Å². The second-order valence-electron chi connectivity index (χ2n) is 5.60. The Morgan fingerprint density at radius 3 is 2.38 bits per heavy atom. The van der Waals surface area contributed by atoms with Gasteiger partial charge in [0, 0.05) is 0 Å². The van der Waals surface area contributed by atoms with Crippen LogP contribution in [0.2, 0.25) is 0 Å². The Morgan fingerprint density at radius 1 is 1.15 bits per heavy atom. The van der Waals surface area contributed by atoms with E-state index in [1.807, 2.05) is 0 Å². The first-order chi connectivity index (χ1) is 12.3. The van der Waals surface area contributed by atoms with Crippen LogP contribution in [0.5, 0.6) is 5.75 Å². The van der Waals surface area contributed by atoms with E-state index in [1.54, 1.807) is 6.92 Å². The lowest BCUT2D eigenvalue weighted by Gasteiger charge is -2.14. The Kier molecular flexibility index (Phi) is 4.66. The zero-order valence-corrected chi connectivity index (χ0v) is 13.7. The summed E-state index contributed by atoms with van der Waals surface area (Å²) in [6.45, 7) is 0.255. The summed E-state index contributed by atoms with van der Waals surface area (Å²) >= 11 is 0. The SMILES string of the molecule is Cc1nc2c(c(C(F)F)nn2[C@@H](C)c2ccc(OC(F)F)cc2)c(=O)[nH]1. The van der Waals surface area contributed by atoms with E-state index in [0.717, 1.165) is 0 Å². The van der Waals surface area contributed by atoms with Gasteiger partial charge in [-0.15, -0.1) is 0 Å².